The van der Waals surface area contributed by atoms with Crippen molar-refractivity contribution in [3.05, 3.63) is 61.0 Å². The molecule has 1 aliphatic rings. The number of esters is 1. The van der Waals surface area contributed by atoms with Crippen LogP contribution in [0.5, 0.6) is 0 Å². The number of ether oxygens (including phenoxy) is 1. The van der Waals surface area contributed by atoms with E-state index in [0.29, 0.717) is 24.9 Å². The number of imide groups is 1. The molecule has 0 bridgehead atoms. The molecular weight excluding hydrogens is 538 g/mol. The number of carbonyl (C=O) groups excluding carboxylic acids is 4. The molecule has 1 aliphatic heterocycles. The number of aryl methyl sites for hydroxylation is 1. The summed E-state index contributed by atoms with van der Waals surface area (Å²) in [7, 11) is 0. The molecule has 0 saturated carbocycles. The first-order valence-corrected chi connectivity index (χ1v) is 12.4. The molecule has 0 aromatic heterocycles. The first-order chi connectivity index (χ1) is 16.6. The maximum atomic E-state index is 13.2. The maximum Gasteiger partial charge on any atom is 0.329 e. The Morgan fingerprint density at radius 3 is 2.06 bits per heavy atom. The van der Waals surface area contributed by atoms with Gasteiger partial charge in [-0.1, -0.05) is 91.3 Å². The fourth-order valence-electron chi connectivity index (χ4n) is 3.77. The largest absolute Gasteiger partial charge is 0.454 e. The highest BCUT2D eigenvalue weighted by molar-refractivity contribution is 6.55. The lowest BCUT2D eigenvalue weighted by Gasteiger charge is -2.24. The van der Waals surface area contributed by atoms with Crippen LogP contribution in [0.2, 0.25) is 20.1 Å². The number of nitrogens with zero attached hydrogens (tertiary/aromatic N) is 1. The van der Waals surface area contributed by atoms with E-state index in [-0.39, 0.29) is 37.6 Å². The number of para-hydroxylation sites is 1. The van der Waals surface area contributed by atoms with Gasteiger partial charge in [0.25, 0.3) is 17.7 Å². The van der Waals surface area contributed by atoms with Gasteiger partial charge in [-0.3, -0.25) is 19.3 Å². The first-order valence-electron chi connectivity index (χ1n) is 10.9. The topological polar surface area (TPSA) is 92.8 Å². The Morgan fingerprint density at radius 1 is 0.943 bits per heavy atom. The maximum absolute atomic E-state index is 13.2. The van der Waals surface area contributed by atoms with E-state index in [0.717, 1.165) is 10.5 Å². The van der Waals surface area contributed by atoms with Gasteiger partial charge in [0.05, 0.1) is 31.2 Å². The van der Waals surface area contributed by atoms with Crippen molar-refractivity contribution in [2.24, 2.45) is 0 Å². The van der Waals surface area contributed by atoms with Crippen LogP contribution in [-0.4, -0.2) is 41.2 Å². The van der Waals surface area contributed by atoms with Crippen LogP contribution in [0.4, 0.5) is 5.69 Å². The third kappa shape index (κ3) is 5.43. The van der Waals surface area contributed by atoms with Crippen molar-refractivity contribution < 1.29 is 23.9 Å². The van der Waals surface area contributed by atoms with Crippen molar-refractivity contribution in [1.82, 2.24) is 4.90 Å². The molecule has 1 atom stereocenters. The number of halogens is 4. The zero-order valence-electron chi connectivity index (χ0n) is 18.9. The van der Waals surface area contributed by atoms with Crippen LogP contribution in [0, 0.1) is 0 Å². The van der Waals surface area contributed by atoms with Gasteiger partial charge in [-0.15, -0.1) is 0 Å². The third-order valence-electron chi connectivity index (χ3n) is 5.57. The number of carbonyl (C=O) groups is 4. The van der Waals surface area contributed by atoms with Gasteiger partial charge in [0.1, 0.15) is 6.04 Å². The van der Waals surface area contributed by atoms with Crippen LogP contribution in [0.1, 0.15) is 59.4 Å². The van der Waals surface area contributed by atoms with Gasteiger partial charge in [0.15, 0.2) is 6.61 Å². The van der Waals surface area contributed by atoms with Gasteiger partial charge in [0.2, 0.25) is 0 Å². The summed E-state index contributed by atoms with van der Waals surface area (Å²) in [4.78, 5) is 52.5. The lowest BCUT2D eigenvalue weighted by molar-refractivity contribution is -0.151. The van der Waals surface area contributed by atoms with Gasteiger partial charge in [-0.05, 0) is 24.5 Å². The minimum absolute atomic E-state index is 0.123. The van der Waals surface area contributed by atoms with Crippen LogP contribution < -0.4 is 5.32 Å². The Morgan fingerprint density at radius 2 is 1.51 bits per heavy atom. The van der Waals surface area contributed by atoms with Crippen LogP contribution in [0.3, 0.4) is 0 Å². The minimum atomic E-state index is -1.29. The molecular formula is C24H22Cl4N2O5. The summed E-state index contributed by atoms with van der Waals surface area (Å²) >= 11 is 24.5. The van der Waals surface area contributed by atoms with E-state index >= 15 is 0 Å². The quantitative estimate of drug-likeness (QED) is 0.171. The summed E-state index contributed by atoms with van der Waals surface area (Å²) in [6.45, 7) is 3.24. The highest BCUT2D eigenvalue weighted by Gasteiger charge is 2.47. The molecule has 0 unspecified atom stereocenters. The van der Waals surface area contributed by atoms with Gasteiger partial charge in [0, 0.05) is 5.69 Å². The van der Waals surface area contributed by atoms with Crippen LogP contribution in [0.15, 0.2) is 24.3 Å². The molecule has 0 spiro atoms. The number of rotatable bonds is 9. The Bertz CT molecular complexity index is 1150. The van der Waals surface area contributed by atoms with E-state index in [4.69, 9.17) is 51.1 Å². The number of fused-ring (bicyclic) bond motifs is 1. The zero-order chi connectivity index (χ0) is 25.9. The Kier molecular flexibility index (Phi) is 9.05. The number of hydrogen-bond acceptors (Lipinski definition) is 5. The molecule has 0 aliphatic carbocycles. The van der Waals surface area contributed by atoms with E-state index < -0.39 is 36.3 Å². The predicted octanol–water partition coefficient (Wildman–Crippen LogP) is 6.20. The van der Waals surface area contributed by atoms with Crippen LogP contribution in [0.25, 0.3) is 0 Å². The molecule has 2 aromatic rings. The van der Waals surface area contributed by atoms with Crippen molar-refractivity contribution in [3.8, 4) is 0 Å². The van der Waals surface area contributed by atoms with E-state index in [1.54, 1.807) is 12.1 Å². The fourth-order valence-corrected chi connectivity index (χ4v) is 4.78. The van der Waals surface area contributed by atoms with Crippen molar-refractivity contribution >= 4 is 75.8 Å². The Labute approximate surface area is 222 Å². The second kappa shape index (κ2) is 11.6. The number of amides is 3. The fraction of sp³-hybridized carbons (Fsp3) is 0.333. The van der Waals surface area contributed by atoms with E-state index in [1.165, 1.54) is 0 Å². The first kappa shape index (κ1) is 27.3. The zero-order valence-corrected chi connectivity index (χ0v) is 21.9. The average molecular weight is 560 g/mol. The number of nitrogens with one attached hydrogen (secondary N) is 1. The van der Waals surface area contributed by atoms with Gasteiger partial charge in [-0.2, -0.15) is 0 Å². The van der Waals surface area contributed by atoms with Crippen molar-refractivity contribution in [1.29, 1.82) is 0 Å². The molecule has 0 radical (unpaired) electrons. The van der Waals surface area contributed by atoms with E-state index in [1.807, 2.05) is 26.0 Å². The number of unbranched alkanes of at least 4 members (excludes halogenated alkanes) is 1. The molecule has 186 valence electrons. The van der Waals surface area contributed by atoms with E-state index in [2.05, 4.69) is 5.32 Å². The molecule has 2 aromatic carbocycles. The summed E-state index contributed by atoms with van der Waals surface area (Å²) in [5.74, 6) is -3.14. The molecule has 0 fully saturated rings. The monoisotopic (exact) mass is 558 g/mol. The molecule has 7 nitrogen and oxygen atoms in total. The van der Waals surface area contributed by atoms with Gasteiger partial charge >= 0.3 is 5.97 Å². The van der Waals surface area contributed by atoms with Crippen LogP contribution >= 0.6 is 46.4 Å². The summed E-state index contributed by atoms with van der Waals surface area (Å²) < 4.78 is 5.21. The van der Waals surface area contributed by atoms with E-state index in [9.17, 15) is 19.2 Å². The van der Waals surface area contributed by atoms with Gasteiger partial charge < -0.3 is 10.1 Å². The lowest BCUT2D eigenvalue weighted by Crippen LogP contribution is -2.46. The second-order valence-corrected chi connectivity index (χ2v) is 9.32. The van der Waals surface area contributed by atoms with Crippen LogP contribution in [-0.2, 0) is 20.7 Å². The molecule has 0 saturated heterocycles. The summed E-state index contributed by atoms with van der Waals surface area (Å²) in [6.07, 6.45) is 2.01. The molecule has 35 heavy (non-hydrogen) atoms. The summed E-state index contributed by atoms with van der Waals surface area (Å²) in [5.41, 5.74) is 1.08. The normalized spacial score (nSPS) is 13.6. The standard InChI is InChI=1S/C24H22Cl4N2O5/c1-3-5-10-14(24(34)35-11-15(31)29-13-9-7-6-8-12(13)4-2)30-22(32)16-17(23(30)33)19(26)21(28)20(27)18(16)25/h6-9,14H,3-5,10-11H2,1-2H3,(H,29,31)/t14-/m1/s1. The molecule has 1 heterocycles. The average Bonchev–Trinajstić information content (AvgIpc) is 3.10. The second-order valence-electron chi connectivity index (χ2n) is 7.81. The van der Waals surface area contributed by atoms with Crippen molar-refractivity contribution in [3.63, 3.8) is 0 Å². The smallest absolute Gasteiger partial charge is 0.329 e. The third-order valence-corrected chi connectivity index (χ3v) is 7.37. The van der Waals surface area contributed by atoms with Crippen molar-refractivity contribution in [2.75, 3.05) is 11.9 Å². The Balaban J connectivity index is 1.81. The highest BCUT2D eigenvalue weighted by atomic mass is 35.5. The minimum Gasteiger partial charge on any atom is -0.454 e. The predicted molar refractivity (Wildman–Crippen MR) is 136 cm³/mol. The highest BCUT2D eigenvalue weighted by Crippen LogP contribution is 2.45. The molecule has 3 amide bonds. The molecule has 11 heteroatoms. The summed E-state index contributed by atoms with van der Waals surface area (Å²) in [6, 6.07) is 5.96. The van der Waals surface area contributed by atoms with Crippen molar-refractivity contribution in [2.45, 2.75) is 45.6 Å². The number of benzene rings is 2. The number of anilines is 1. The van der Waals surface area contributed by atoms with Gasteiger partial charge in [-0.25, -0.2) is 4.79 Å². The lowest BCUT2D eigenvalue weighted by atomic mass is 10.1. The summed E-state index contributed by atoms with van der Waals surface area (Å²) in [5, 5.41) is 1.90. The molecule has 1 N–H and O–H groups in total. The number of hydrogen-bond donors (Lipinski definition) is 1. The SMILES string of the molecule is CCCC[C@H](C(=O)OCC(=O)Nc1ccccc1CC)N1C(=O)c2c(Cl)c(Cl)c(Cl)c(Cl)c2C1=O. The Hall–Kier alpha value is -2.32. The molecule has 3 rings (SSSR count).